The van der Waals surface area contributed by atoms with Crippen LogP contribution in [-0.2, 0) is 19.6 Å². The first kappa shape index (κ1) is 25.8. The fourth-order valence-corrected chi connectivity index (χ4v) is 5.56. The van der Waals surface area contributed by atoms with Gasteiger partial charge in [-0.25, -0.2) is 0 Å². The van der Waals surface area contributed by atoms with E-state index < -0.39 is 43.9 Å². The number of ether oxygens (including phenoxy) is 1. The predicted octanol–water partition coefficient (Wildman–Crippen LogP) is 4.03. The van der Waals surface area contributed by atoms with E-state index in [4.69, 9.17) is 4.74 Å². The minimum absolute atomic E-state index is 0.0278. The van der Waals surface area contributed by atoms with E-state index >= 15 is 0 Å². The Morgan fingerprint density at radius 3 is 1.88 bits per heavy atom. The number of aliphatic hydroxyl groups is 1. The summed E-state index contributed by atoms with van der Waals surface area (Å²) in [6, 6.07) is 0. The normalized spacial score (nSPS) is 18.0. The summed E-state index contributed by atoms with van der Waals surface area (Å²) < 4.78 is 37.8. The molecular formula is C18H37O6PS. The van der Waals surface area contributed by atoms with Crippen LogP contribution in [0.25, 0.3) is 0 Å². The molecule has 0 radical (unpaired) electrons. The highest BCUT2D eigenvalue weighted by molar-refractivity contribution is 7.86. The molecule has 2 N–H and O–H groups in total. The fourth-order valence-electron chi connectivity index (χ4n) is 2.81. The molecule has 0 aliphatic heterocycles. The highest BCUT2D eigenvalue weighted by atomic mass is 32.2. The van der Waals surface area contributed by atoms with E-state index in [0.29, 0.717) is 6.42 Å². The van der Waals surface area contributed by atoms with Crippen LogP contribution < -0.4 is 0 Å². The van der Waals surface area contributed by atoms with Crippen molar-refractivity contribution in [1.82, 2.24) is 0 Å². The molecule has 4 atom stereocenters. The van der Waals surface area contributed by atoms with Crippen LogP contribution in [0, 0.1) is 16.2 Å². The Morgan fingerprint density at radius 2 is 1.54 bits per heavy atom. The van der Waals surface area contributed by atoms with E-state index in [1.54, 1.807) is 0 Å². The van der Waals surface area contributed by atoms with Crippen molar-refractivity contribution >= 4 is 24.7 Å². The van der Waals surface area contributed by atoms with E-state index in [9.17, 15) is 22.9 Å². The van der Waals surface area contributed by atoms with Crippen molar-refractivity contribution in [3.05, 3.63) is 0 Å². The van der Waals surface area contributed by atoms with E-state index in [1.165, 1.54) is 13.8 Å². The summed E-state index contributed by atoms with van der Waals surface area (Å²) in [6.07, 6.45) is 0.775. The molecule has 0 saturated heterocycles. The molecule has 0 saturated carbocycles. The van der Waals surface area contributed by atoms with E-state index in [0.717, 1.165) is 0 Å². The van der Waals surface area contributed by atoms with Crippen LogP contribution in [0.15, 0.2) is 0 Å². The first-order chi connectivity index (χ1) is 11.3. The second-order valence-electron chi connectivity index (χ2n) is 9.57. The van der Waals surface area contributed by atoms with Crippen molar-refractivity contribution in [1.29, 1.82) is 0 Å². The molecule has 0 rings (SSSR count). The van der Waals surface area contributed by atoms with Crippen LogP contribution in [0.5, 0.6) is 0 Å². The summed E-state index contributed by atoms with van der Waals surface area (Å²) in [5.74, 6) is -1.61. The smallest absolute Gasteiger partial charge is 0.303 e. The zero-order valence-electron chi connectivity index (χ0n) is 17.6. The average molecular weight is 413 g/mol. The van der Waals surface area contributed by atoms with Gasteiger partial charge in [-0.2, -0.15) is 8.42 Å². The Bertz CT molecular complexity index is 577. The third-order valence-corrected chi connectivity index (χ3v) is 8.05. The number of esters is 1. The average Bonchev–Trinajstić information content (AvgIpc) is 2.32. The largest absolute Gasteiger partial charge is 0.458 e. The number of hydrogen-bond donors (Lipinski definition) is 2. The van der Waals surface area contributed by atoms with Crippen LogP contribution in [0.3, 0.4) is 0 Å². The Labute approximate surface area is 161 Å². The van der Waals surface area contributed by atoms with Crippen LogP contribution >= 0.6 is 8.58 Å². The maximum atomic E-state index is 11.6. The van der Waals surface area contributed by atoms with E-state index in [-0.39, 0.29) is 20.4 Å². The Balaban J connectivity index is 5.57. The first-order valence-corrected chi connectivity index (χ1v) is 11.5. The number of carbonyl (C=O) groups is 1. The van der Waals surface area contributed by atoms with Crippen LogP contribution in [-0.4, -0.2) is 41.0 Å². The van der Waals surface area contributed by atoms with Crippen LogP contribution in [0.1, 0.15) is 75.2 Å². The third-order valence-electron chi connectivity index (χ3n) is 5.14. The molecular weight excluding hydrogens is 375 g/mol. The van der Waals surface area contributed by atoms with Gasteiger partial charge >= 0.3 is 5.97 Å². The molecule has 156 valence electrons. The minimum atomic E-state index is -4.15. The molecule has 8 heteroatoms. The van der Waals surface area contributed by atoms with Gasteiger partial charge in [0.25, 0.3) is 10.1 Å². The summed E-state index contributed by atoms with van der Waals surface area (Å²) in [5, 5.41) is 9.56. The van der Waals surface area contributed by atoms with Gasteiger partial charge < -0.3 is 9.84 Å². The molecule has 0 fully saturated rings. The lowest BCUT2D eigenvalue weighted by Gasteiger charge is -2.47. The SMILES string of the molecule is CC(=O)OC(PC(O)CC(C)(C)C)C(C)(C)C(C)(C)CC(C)S(=O)(=O)O. The van der Waals surface area contributed by atoms with Gasteiger partial charge in [-0.3, -0.25) is 9.35 Å². The molecule has 0 aliphatic carbocycles. The van der Waals surface area contributed by atoms with E-state index in [1.807, 2.05) is 48.5 Å². The van der Waals surface area contributed by atoms with Gasteiger partial charge in [0.1, 0.15) is 5.85 Å². The number of rotatable bonds is 9. The second-order valence-corrected chi connectivity index (χ2v) is 12.9. The molecule has 0 heterocycles. The highest BCUT2D eigenvalue weighted by Crippen LogP contribution is 2.52. The molecule has 6 nitrogen and oxygen atoms in total. The molecule has 0 aliphatic rings. The van der Waals surface area contributed by atoms with Crippen LogP contribution in [0.2, 0.25) is 0 Å². The Kier molecular flexibility index (Phi) is 8.77. The summed E-state index contributed by atoms with van der Waals surface area (Å²) in [4.78, 5) is 11.6. The van der Waals surface area contributed by atoms with Gasteiger partial charge in [0.05, 0.1) is 11.1 Å². The minimum Gasteiger partial charge on any atom is -0.458 e. The molecule has 4 unspecified atom stereocenters. The molecule has 26 heavy (non-hydrogen) atoms. The first-order valence-electron chi connectivity index (χ1n) is 8.87. The van der Waals surface area contributed by atoms with Gasteiger partial charge in [-0.1, -0.05) is 48.5 Å². The molecule has 0 amide bonds. The summed E-state index contributed by atoms with van der Waals surface area (Å²) >= 11 is 0. The molecule has 0 aromatic heterocycles. The lowest BCUT2D eigenvalue weighted by atomic mass is 9.66. The molecule has 0 spiro atoms. The van der Waals surface area contributed by atoms with Crippen molar-refractivity contribution in [2.75, 3.05) is 0 Å². The monoisotopic (exact) mass is 412 g/mol. The van der Waals surface area contributed by atoms with Gasteiger partial charge in [-0.05, 0) is 39.2 Å². The molecule has 0 aromatic carbocycles. The van der Waals surface area contributed by atoms with Crippen molar-refractivity contribution in [2.45, 2.75) is 92.1 Å². The maximum absolute atomic E-state index is 11.6. The van der Waals surface area contributed by atoms with Crippen LogP contribution in [0.4, 0.5) is 0 Å². The van der Waals surface area contributed by atoms with E-state index in [2.05, 4.69) is 0 Å². The topological polar surface area (TPSA) is 101 Å². The second kappa shape index (κ2) is 8.85. The van der Waals surface area contributed by atoms with Crippen molar-refractivity contribution in [3.8, 4) is 0 Å². The summed E-state index contributed by atoms with van der Waals surface area (Å²) in [5.41, 5.74) is -1.25. The summed E-state index contributed by atoms with van der Waals surface area (Å²) in [7, 11) is -4.17. The lowest BCUT2D eigenvalue weighted by Crippen LogP contribution is -2.45. The molecule has 0 bridgehead atoms. The maximum Gasteiger partial charge on any atom is 0.303 e. The van der Waals surface area contributed by atoms with Crippen molar-refractivity contribution in [3.63, 3.8) is 0 Å². The zero-order chi connectivity index (χ0) is 21.1. The van der Waals surface area contributed by atoms with Crippen molar-refractivity contribution in [2.24, 2.45) is 16.2 Å². The predicted molar refractivity (Wildman–Crippen MR) is 107 cm³/mol. The van der Waals surface area contributed by atoms with Crippen molar-refractivity contribution < 1.29 is 27.6 Å². The highest BCUT2D eigenvalue weighted by Gasteiger charge is 2.47. The number of carbonyl (C=O) groups excluding carboxylic acids is 1. The quantitative estimate of drug-likeness (QED) is 0.337. The standard InChI is InChI=1S/C18H37O6PS/c1-12(26(21,22)23)10-17(6,7)18(8,9)15(24-13(2)19)25-14(20)11-16(3,4)5/h12,14-15,20,25H,10-11H2,1-9H3,(H,21,22,23). The van der Waals surface area contributed by atoms with Gasteiger partial charge in [0, 0.05) is 12.3 Å². The van der Waals surface area contributed by atoms with Gasteiger partial charge in [-0.15, -0.1) is 0 Å². The van der Waals surface area contributed by atoms with Gasteiger partial charge in [0.2, 0.25) is 0 Å². The fraction of sp³-hybridized carbons (Fsp3) is 0.944. The lowest BCUT2D eigenvalue weighted by molar-refractivity contribution is -0.150. The number of hydrogen-bond acceptors (Lipinski definition) is 5. The number of aliphatic hydroxyl groups excluding tert-OH is 1. The Hall–Kier alpha value is -0.230. The zero-order valence-corrected chi connectivity index (χ0v) is 19.4. The van der Waals surface area contributed by atoms with Gasteiger partial charge in [0.15, 0.2) is 0 Å². The summed E-state index contributed by atoms with van der Waals surface area (Å²) in [6.45, 7) is 16.5. The Morgan fingerprint density at radius 1 is 1.08 bits per heavy atom. The molecule has 0 aromatic rings. The third kappa shape index (κ3) is 8.20.